The van der Waals surface area contributed by atoms with Gasteiger partial charge in [0.05, 0.1) is 4.92 Å². The van der Waals surface area contributed by atoms with Crippen molar-refractivity contribution < 1.29 is 4.92 Å². The molecule has 0 aliphatic rings. The molecule has 0 aliphatic heterocycles. The van der Waals surface area contributed by atoms with Gasteiger partial charge in [-0.3, -0.25) is 15.5 Å². The molecule has 1 heterocycles. The van der Waals surface area contributed by atoms with Crippen molar-refractivity contribution in [2.75, 3.05) is 31.4 Å². The summed E-state index contributed by atoms with van der Waals surface area (Å²) in [6.07, 6.45) is 0. The van der Waals surface area contributed by atoms with Crippen molar-refractivity contribution in [2.45, 2.75) is 6.92 Å². The molecule has 88 valence electrons. The van der Waals surface area contributed by atoms with Crippen molar-refractivity contribution >= 4 is 17.3 Å². The first-order valence-corrected chi connectivity index (χ1v) is 4.88. The SMILES string of the molecule is CCNc1ccc([N+](=O)[O-])c(NN(C)C)n1. The molecule has 0 radical (unpaired) electrons. The molecule has 7 nitrogen and oxygen atoms in total. The van der Waals surface area contributed by atoms with Crippen molar-refractivity contribution in [3.63, 3.8) is 0 Å². The zero-order chi connectivity index (χ0) is 12.1. The van der Waals surface area contributed by atoms with Crippen LogP contribution in [-0.4, -0.2) is 35.6 Å². The third-order valence-corrected chi connectivity index (χ3v) is 1.76. The maximum absolute atomic E-state index is 10.8. The fraction of sp³-hybridized carbons (Fsp3) is 0.444. The lowest BCUT2D eigenvalue weighted by molar-refractivity contribution is -0.384. The first-order valence-electron chi connectivity index (χ1n) is 4.88. The van der Waals surface area contributed by atoms with E-state index in [0.717, 1.165) is 0 Å². The quantitative estimate of drug-likeness (QED) is 0.580. The summed E-state index contributed by atoms with van der Waals surface area (Å²) in [5.74, 6) is 0.839. The van der Waals surface area contributed by atoms with E-state index < -0.39 is 4.92 Å². The van der Waals surface area contributed by atoms with Gasteiger partial charge in [-0.15, -0.1) is 0 Å². The van der Waals surface area contributed by atoms with Gasteiger partial charge < -0.3 is 5.32 Å². The van der Waals surface area contributed by atoms with Crippen LogP contribution in [0, 0.1) is 10.1 Å². The molecular weight excluding hydrogens is 210 g/mol. The fourth-order valence-corrected chi connectivity index (χ4v) is 1.17. The van der Waals surface area contributed by atoms with E-state index in [1.807, 2.05) is 6.92 Å². The van der Waals surface area contributed by atoms with Gasteiger partial charge in [0.15, 0.2) is 0 Å². The van der Waals surface area contributed by atoms with Gasteiger partial charge in [-0.2, -0.15) is 0 Å². The summed E-state index contributed by atoms with van der Waals surface area (Å²) in [6, 6.07) is 3.01. The van der Waals surface area contributed by atoms with Crippen LogP contribution in [0.1, 0.15) is 6.92 Å². The molecule has 2 N–H and O–H groups in total. The predicted octanol–water partition coefficient (Wildman–Crippen LogP) is 1.31. The molecule has 16 heavy (non-hydrogen) atoms. The largest absolute Gasteiger partial charge is 0.370 e. The molecule has 0 fully saturated rings. The Bertz CT molecular complexity index is 380. The van der Waals surface area contributed by atoms with Crippen molar-refractivity contribution in [2.24, 2.45) is 0 Å². The maximum Gasteiger partial charge on any atom is 0.312 e. The number of nitrogens with one attached hydrogen (secondary N) is 2. The Labute approximate surface area is 93.6 Å². The normalized spacial score (nSPS) is 10.2. The molecule has 0 aliphatic carbocycles. The highest BCUT2D eigenvalue weighted by atomic mass is 16.6. The fourth-order valence-electron chi connectivity index (χ4n) is 1.17. The highest BCUT2D eigenvalue weighted by Gasteiger charge is 2.16. The molecule has 1 aromatic heterocycles. The Balaban J connectivity index is 3.05. The second-order valence-corrected chi connectivity index (χ2v) is 3.36. The molecule has 7 heteroatoms. The van der Waals surface area contributed by atoms with Crippen LogP contribution in [0.4, 0.5) is 17.3 Å². The number of rotatable bonds is 5. The molecule has 0 spiro atoms. The van der Waals surface area contributed by atoms with Gasteiger partial charge in [0, 0.05) is 26.7 Å². The number of hydrazine groups is 1. The Morgan fingerprint density at radius 1 is 1.50 bits per heavy atom. The number of pyridine rings is 1. The Hall–Kier alpha value is -1.89. The van der Waals surface area contributed by atoms with E-state index in [0.29, 0.717) is 12.4 Å². The lowest BCUT2D eigenvalue weighted by Crippen LogP contribution is -2.21. The van der Waals surface area contributed by atoms with E-state index in [4.69, 9.17) is 0 Å². The lowest BCUT2D eigenvalue weighted by Gasteiger charge is -2.13. The molecule has 0 saturated carbocycles. The standard InChI is InChI=1S/C9H15N5O2/c1-4-10-8-6-5-7(14(15)16)9(11-8)12-13(2)3/h5-6H,4H2,1-3H3,(H2,10,11,12). The van der Waals surface area contributed by atoms with E-state index in [-0.39, 0.29) is 11.5 Å². The van der Waals surface area contributed by atoms with Gasteiger partial charge in [-0.1, -0.05) is 0 Å². The van der Waals surface area contributed by atoms with Crippen molar-refractivity contribution in [3.8, 4) is 0 Å². The Morgan fingerprint density at radius 2 is 2.19 bits per heavy atom. The maximum atomic E-state index is 10.8. The average molecular weight is 225 g/mol. The van der Waals surface area contributed by atoms with Crippen molar-refractivity contribution in [1.29, 1.82) is 0 Å². The summed E-state index contributed by atoms with van der Waals surface area (Å²) < 4.78 is 0. The highest BCUT2D eigenvalue weighted by Crippen LogP contribution is 2.23. The van der Waals surface area contributed by atoms with E-state index >= 15 is 0 Å². The van der Waals surface area contributed by atoms with E-state index in [9.17, 15) is 10.1 Å². The Kier molecular flexibility index (Phi) is 4.01. The molecule has 0 bridgehead atoms. The van der Waals surface area contributed by atoms with E-state index in [1.54, 1.807) is 25.2 Å². The number of hydrogen-bond donors (Lipinski definition) is 2. The summed E-state index contributed by atoms with van der Waals surface area (Å²) >= 11 is 0. The summed E-state index contributed by atoms with van der Waals surface area (Å²) in [6.45, 7) is 2.65. The van der Waals surface area contributed by atoms with Crippen LogP contribution in [0.15, 0.2) is 12.1 Å². The van der Waals surface area contributed by atoms with Crippen LogP contribution in [-0.2, 0) is 0 Å². The van der Waals surface area contributed by atoms with Gasteiger partial charge in [0.2, 0.25) is 5.82 Å². The van der Waals surface area contributed by atoms with Gasteiger partial charge in [0.25, 0.3) is 0 Å². The number of nitrogens with zero attached hydrogens (tertiary/aromatic N) is 3. The van der Waals surface area contributed by atoms with Gasteiger partial charge in [-0.25, -0.2) is 9.99 Å². The van der Waals surface area contributed by atoms with Gasteiger partial charge in [-0.05, 0) is 13.0 Å². The molecule has 1 rings (SSSR count). The zero-order valence-electron chi connectivity index (χ0n) is 9.52. The van der Waals surface area contributed by atoms with Gasteiger partial charge >= 0.3 is 5.69 Å². The third kappa shape index (κ3) is 3.06. The number of nitro groups is 1. The number of hydrogen-bond acceptors (Lipinski definition) is 6. The molecule has 0 saturated heterocycles. The second kappa shape index (κ2) is 5.26. The molecule has 0 aromatic carbocycles. The molecular formula is C9H15N5O2. The van der Waals surface area contributed by atoms with Crippen LogP contribution in [0.5, 0.6) is 0 Å². The first kappa shape index (κ1) is 12.2. The van der Waals surface area contributed by atoms with Crippen molar-refractivity contribution in [3.05, 3.63) is 22.2 Å². The number of aromatic nitrogens is 1. The van der Waals surface area contributed by atoms with E-state index in [2.05, 4.69) is 15.7 Å². The molecule has 0 atom stereocenters. The minimum atomic E-state index is -0.464. The summed E-state index contributed by atoms with van der Waals surface area (Å²) in [5, 5.41) is 15.4. The summed E-state index contributed by atoms with van der Waals surface area (Å²) in [5.41, 5.74) is 2.75. The van der Waals surface area contributed by atoms with Crippen LogP contribution in [0.25, 0.3) is 0 Å². The second-order valence-electron chi connectivity index (χ2n) is 3.36. The third-order valence-electron chi connectivity index (χ3n) is 1.76. The molecule has 0 amide bonds. The smallest absolute Gasteiger partial charge is 0.312 e. The summed E-state index contributed by atoms with van der Waals surface area (Å²) in [7, 11) is 3.48. The van der Waals surface area contributed by atoms with E-state index in [1.165, 1.54) is 6.07 Å². The Morgan fingerprint density at radius 3 is 2.69 bits per heavy atom. The summed E-state index contributed by atoms with van der Waals surface area (Å²) in [4.78, 5) is 14.4. The zero-order valence-corrected chi connectivity index (χ0v) is 9.52. The lowest BCUT2D eigenvalue weighted by atomic mass is 10.4. The highest BCUT2D eigenvalue weighted by molar-refractivity contribution is 5.59. The van der Waals surface area contributed by atoms with Crippen LogP contribution < -0.4 is 10.7 Å². The first-order chi connectivity index (χ1) is 7.54. The van der Waals surface area contributed by atoms with Crippen LogP contribution >= 0.6 is 0 Å². The minimum absolute atomic E-state index is 0.0460. The molecule has 0 unspecified atom stereocenters. The molecule has 1 aromatic rings. The topological polar surface area (TPSA) is 83.3 Å². The van der Waals surface area contributed by atoms with Crippen LogP contribution in [0.2, 0.25) is 0 Å². The van der Waals surface area contributed by atoms with Crippen molar-refractivity contribution in [1.82, 2.24) is 9.99 Å². The monoisotopic (exact) mass is 225 g/mol. The predicted molar refractivity (Wildman–Crippen MR) is 62.4 cm³/mol. The minimum Gasteiger partial charge on any atom is -0.370 e. The van der Waals surface area contributed by atoms with Gasteiger partial charge in [0.1, 0.15) is 5.82 Å². The average Bonchev–Trinajstić information content (AvgIpc) is 2.16. The van der Waals surface area contributed by atoms with Crippen LogP contribution in [0.3, 0.4) is 0 Å². The number of anilines is 2.